The molecule has 2 N–H and O–H groups in total. The van der Waals surface area contributed by atoms with E-state index in [1.807, 2.05) is 28.6 Å². The van der Waals surface area contributed by atoms with Gasteiger partial charge >= 0.3 is 24.7 Å². The van der Waals surface area contributed by atoms with E-state index < -0.39 is 36.2 Å². The molecule has 1 aliphatic heterocycles. The van der Waals surface area contributed by atoms with E-state index in [-0.39, 0.29) is 23.1 Å². The molecule has 0 aliphatic carbocycles. The predicted octanol–water partition coefficient (Wildman–Crippen LogP) is 6.93. The molecule has 58 heavy (non-hydrogen) atoms. The minimum absolute atomic E-state index is 0.0912. The van der Waals surface area contributed by atoms with Gasteiger partial charge in [-0.2, -0.15) is 22.0 Å². The number of nitrogens with zero attached hydrogens (tertiary/aromatic N) is 5. The van der Waals surface area contributed by atoms with Gasteiger partial charge in [0.1, 0.15) is 17.2 Å². The maximum absolute atomic E-state index is 13.5. The second-order valence-electron chi connectivity index (χ2n) is 12.8. The Kier molecular flexibility index (Phi) is 13.4. The highest BCUT2D eigenvalue weighted by molar-refractivity contribution is 6.05. The number of fused-ring (bicyclic) bond motifs is 1. The van der Waals surface area contributed by atoms with E-state index in [4.69, 9.17) is 14.9 Å². The minimum Gasteiger partial charge on any atom is -0.478 e. The lowest BCUT2D eigenvalue weighted by Crippen LogP contribution is -2.48. The lowest BCUT2D eigenvalue weighted by Gasteiger charge is -2.34. The molecular weight excluding hydrogens is 773 g/mol. The Bertz CT molecular complexity index is 2250. The molecule has 0 radical (unpaired) electrons. The number of carboxylic acid groups (broad SMARTS) is 2. The number of amides is 2. The molecule has 1 fully saturated rings. The van der Waals surface area contributed by atoms with Gasteiger partial charge in [-0.15, -0.1) is 0 Å². The van der Waals surface area contributed by atoms with Crippen molar-refractivity contribution in [3.63, 3.8) is 0 Å². The number of carboxylic acids is 2. The minimum atomic E-state index is -4.49. The van der Waals surface area contributed by atoms with Gasteiger partial charge in [-0.1, -0.05) is 12.1 Å². The zero-order chi connectivity index (χ0) is 42.1. The summed E-state index contributed by atoms with van der Waals surface area (Å²) in [4.78, 5) is 55.1. The molecule has 1 aliphatic rings. The van der Waals surface area contributed by atoms with Crippen molar-refractivity contribution < 1.29 is 60.8 Å². The molecule has 6 rings (SSSR count). The van der Waals surface area contributed by atoms with Crippen molar-refractivity contribution in [1.29, 1.82) is 0 Å². The summed E-state index contributed by atoms with van der Waals surface area (Å²) in [5, 5.41) is 16.4. The van der Waals surface area contributed by atoms with Crippen molar-refractivity contribution >= 4 is 40.3 Å². The van der Waals surface area contributed by atoms with Crippen LogP contribution in [0.1, 0.15) is 32.0 Å². The van der Waals surface area contributed by atoms with Gasteiger partial charge in [0.05, 0.1) is 17.4 Å². The van der Waals surface area contributed by atoms with Crippen LogP contribution in [0.4, 0.5) is 27.6 Å². The number of aryl methyl sites for hydroxylation is 1. The van der Waals surface area contributed by atoms with Crippen molar-refractivity contribution in [3.8, 4) is 17.4 Å². The Morgan fingerprint density at radius 2 is 1.47 bits per heavy atom. The topological polar surface area (TPSA) is 155 Å². The van der Waals surface area contributed by atoms with Gasteiger partial charge in [0, 0.05) is 81.5 Å². The molecule has 0 unspecified atom stereocenters. The van der Waals surface area contributed by atoms with Crippen LogP contribution in [0, 0.1) is 0 Å². The number of piperazine rings is 1. The highest BCUT2D eigenvalue weighted by Gasteiger charge is 2.30. The SMILES string of the molecule is CN(C(=O)c1ccc(C(F)(F)F)cc1)c1ccc(Oc2ccc3c(c2)cc(C(=O)N2CCN(Cc4ccc(OC(F)F)cc4)CC2)n3C)nc1.O=C(O)C=CC(=O)O. The van der Waals surface area contributed by atoms with Gasteiger partial charge in [0.25, 0.3) is 11.8 Å². The molecule has 13 nitrogen and oxygen atoms in total. The fraction of sp³-hybridized carbons (Fsp3) is 0.225. The largest absolute Gasteiger partial charge is 0.478 e. The number of alkyl halides is 5. The number of carbonyl (C=O) groups excluding carboxylic acids is 2. The maximum atomic E-state index is 13.5. The summed E-state index contributed by atoms with van der Waals surface area (Å²) in [6.07, 6.45) is -1.95. The molecule has 304 valence electrons. The molecule has 0 saturated carbocycles. The molecule has 0 spiro atoms. The molecule has 5 aromatic rings. The number of aliphatic carboxylic acids is 2. The zero-order valence-electron chi connectivity index (χ0n) is 30.9. The van der Waals surface area contributed by atoms with Crippen LogP contribution in [0.5, 0.6) is 17.4 Å². The second kappa shape index (κ2) is 18.4. The molecule has 2 amide bonds. The zero-order valence-corrected chi connectivity index (χ0v) is 30.9. The Morgan fingerprint density at radius 1 is 0.845 bits per heavy atom. The standard InChI is InChI=1S/C36H32F5N5O4.C4H4O4/c1-43(33(47)24-5-7-26(8-6-24)36(39,40)41)27-9-14-32(42-21-27)49-29-12-13-30-25(19-29)20-31(44(30)2)34(48)46-17-15-45(16-18-46)22-23-3-10-28(11-4-23)50-35(37)38;5-3(6)1-2-4(7)8/h3-14,19-21,35H,15-18,22H2,1-2H3;1-2H,(H,5,6)(H,7,8). The number of aromatic nitrogens is 2. The van der Waals surface area contributed by atoms with Crippen LogP contribution in [-0.2, 0) is 29.4 Å². The third-order valence-electron chi connectivity index (χ3n) is 8.91. The smallest absolute Gasteiger partial charge is 0.416 e. The van der Waals surface area contributed by atoms with E-state index >= 15 is 0 Å². The summed E-state index contributed by atoms with van der Waals surface area (Å²) < 4.78 is 75.7. The summed E-state index contributed by atoms with van der Waals surface area (Å²) in [6.45, 7) is 0.154. The first-order valence-electron chi connectivity index (χ1n) is 17.4. The summed E-state index contributed by atoms with van der Waals surface area (Å²) in [7, 11) is 3.33. The number of rotatable bonds is 11. The van der Waals surface area contributed by atoms with Crippen LogP contribution < -0.4 is 14.4 Å². The molecule has 3 aromatic carbocycles. The number of hydrogen-bond acceptors (Lipinski definition) is 8. The van der Waals surface area contributed by atoms with Crippen molar-refractivity contribution in [2.24, 2.45) is 7.05 Å². The van der Waals surface area contributed by atoms with Crippen LogP contribution in [0.2, 0.25) is 0 Å². The van der Waals surface area contributed by atoms with Crippen LogP contribution in [-0.4, -0.2) is 93.2 Å². The lowest BCUT2D eigenvalue weighted by molar-refractivity contribution is -0.137. The third kappa shape index (κ3) is 11.2. The quantitative estimate of drug-likeness (QED) is 0.106. The molecule has 3 heterocycles. The third-order valence-corrected chi connectivity index (χ3v) is 8.91. The monoisotopic (exact) mass is 809 g/mol. The molecule has 1 saturated heterocycles. The van der Waals surface area contributed by atoms with Gasteiger partial charge < -0.3 is 34.1 Å². The fourth-order valence-corrected chi connectivity index (χ4v) is 5.91. The van der Waals surface area contributed by atoms with Crippen molar-refractivity contribution in [2.45, 2.75) is 19.3 Å². The summed E-state index contributed by atoms with van der Waals surface area (Å²) in [5.41, 5.74) is 2.01. The number of ether oxygens (including phenoxy) is 2. The molecule has 0 atom stereocenters. The second-order valence-corrected chi connectivity index (χ2v) is 12.8. The highest BCUT2D eigenvalue weighted by atomic mass is 19.4. The molecule has 2 aromatic heterocycles. The first-order valence-corrected chi connectivity index (χ1v) is 17.4. The van der Waals surface area contributed by atoms with Gasteiger partial charge in [0.15, 0.2) is 0 Å². The Morgan fingerprint density at radius 3 is 2.02 bits per heavy atom. The van der Waals surface area contributed by atoms with Crippen molar-refractivity contribution in [2.75, 3.05) is 38.1 Å². The molecular formula is C40H36F5N5O8. The van der Waals surface area contributed by atoms with E-state index in [2.05, 4.69) is 14.6 Å². The van der Waals surface area contributed by atoms with Gasteiger partial charge in [-0.25, -0.2) is 14.6 Å². The summed E-state index contributed by atoms with van der Waals surface area (Å²) >= 11 is 0. The number of benzene rings is 3. The molecule has 18 heteroatoms. The first-order chi connectivity index (χ1) is 27.5. The number of pyridine rings is 1. The van der Waals surface area contributed by atoms with Crippen molar-refractivity contribution in [3.05, 3.63) is 126 Å². The normalized spacial score (nSPS) is 13.3. The van der Waals surface area contributed by atoms with Crippen LogP contribution >= 0.6 is 0 Å². The van der Waals surface area contributed by atoms with Crippen LogP contribution in [0.15, 0.2) is 103 Å². The first kappa shape index (κ1) is 42.3. The highest BCUT2D eigenvalue weighted by Crippen LogP contribution is 2.31. The van der Waals surface area contributed by atoms with Gasteiger partial charge in [0.2, 0.25) is 5.88 Å². The van der Waals surface area contributed by atoms with E-state index in [1.165, 1.54) is 30.3 Å². The molecule has 0 bridgehead atoms. The predicted molar refractivity (Wildman–Crippen MR) is 200 cm³/mol. The summed E-state index contributed by atoms with van der Waals surface area (Å²) in [5.74, 6) is -2.25. The Balaban J connectivity index is 0.000000725. The van der Waals surface area contributed by atoms with Gasteiger partial charge in [-0.3, -0.25) is 14.5 Å². The van der Waals surface area contributed by atoms with Crippen molar-refractivity contribution in [1.82, 2.24) is 19.4 Å². The summed E-state index contributed by atoms with van der Waals surface area (Å²) in [6, 6.07) is 21.0. The average molecular weight is 810 g/mol. The lowest BCUT2D eigenvalue weighted by atomic mass is 10.1. The van der Waals surface area contributed by atoms with E-state index in [9.17, 15) is 41.1 Å². The fourth-order valence-electron chi connectivity index (χ4n) is 5.91. The number of halogens is 5. The number of anilines is 1. The van der Waals surface area contributed by atoms with E-state index in [0.717, 1.165) is 40.7 Å². The van der Waals surface area contributed by atoms with E-state index in [1.54, 1.807) is 36.4 Å². The van der Waals surface area contributed by atoms with Crippen LogP contribution in [0.3, 0.4) is 0 Å². The number of carbonyl (C=O) groups is 4. The Hall–Kier alpha value is -6.82. The Labute approximate surface area is 327 Å². The number of hydrogen-bond donors (Lipinski definition) is 2. The average Bonchev–Trinajstić information content (AvgIpc) is 3.52. The maximum Gasteiger partial charge on any atom is 0.416 e. The van der Waals surface area contributed by atoms with Crippen LogP contribution in [0.25, 0.3) is 10.9 Å². The van der Waals surface area contributed by atoms with E-state index in [0.29, 0.717) is 62.0 Å². The van der Waals surface area contributed by atoms with Gasteiger partial charge in [-0.05, 0) is 72.3 Å².